The van der Waals surface area contributed by atoms with Gasteiger partial charge in [-0.25, -0.2) is 4.98 Å². The van der Waals surface area contributed by atoms with E-state index in [9.17, 15) is 4.79 Å². The monoisotopic (exact) mass is 355 g/mol. The van der Waals surface area contributed by atoms with Crippen molar-refractivity contribution in [2.24, 2.45) is 5.92 Å². The lowest BCUT2D eigenvalue weighted by Gasteiger charge is -2.35. The van der Waals surface area contributed by atoms with Crippen molar-refractivity contribution >= 4 is 23.4 Å². The lowest BCUT2D eigenvalue weighted by atomic mass is 9.80. The number of anilines is 3. The lowest BCUT2D eigenvalue weighted by molar-refractivity contribution is -0.121. The zero-order valence-electron chi connectivity index (χ0n) is 15.0. The van der Waals surface area contributed by atoms with Gasteiger partial charge in [0.15, 0.2) is 11.6 Å². The van der Waals surface area contributed by atoms with Crippen LogP contribution in [-0.4, -0.2) is 38.2 Å². The number of H-pyrrole nitrogens is 1. The van der Waals surface area contributed by atoms with Crippen LogP contribution < -0.4 is 16.0 Å². The van der Waals surface area contributed by atoms with Gasteiger partial charge < -0.3 is 16.0 Å². The van der Waals surface area contributed by atoms with Crippen LogP contribution in [0.2, 0.25) is 0 Å². The van der Waals surface area contributed by atoms with Crippen molar-refractivity contribution in [2.45, 2.75) is 57.5 Å². The van der Waals surface area contributed by atoms with Crippen LogP contribution in [0.1, 0.15) is 44.2 Å². The second-order valence-corrected chi connectivity index (χ2v) is 7.33. The van der Waals surface area contributed by atoms with Crippen LogP contribution in [0.3, 0.4) is 0 Å². The van der Waals surface area contributed by atoms with Gasteiger partial charge >= 0.3 is 0 Å². The summed E-state index contributed by atoms with van der Waals surface area (Å²) in [6.45, 7) is 1.95. The van der Waals surface area contributed by atoms with Crippen LogP contribution in [0.4, 0.5) is 17.5 Å². The number of rotatable bonds is 4. The Kier molecular flexibility index (Phi) is 4.73. The van der Waals surface area contributed by atoms with Crippen LogP contribution >= 0.6 is 0 Å². The van der Waals surface area contributed by atoms with E-state index < -0.39 is 0 Å². The number of hydrogen-bond acceptors (Lipinski definition) is 6. The van der Waals surface area contributed by atoms with Gasteiger partial charge in [-0.3, -0.25) is 14.9 Å². The highest BCUT2D eigenvalue weighted by Crippen LogP contribution is 2.32. The fraction of sp³-hybridized carbons (Fsp3) is 0.556. The number of nitrogens with one attached hydrogen (secondary N) is 4. The number of carbonyl (C=O) groups is 1. The van der Waals surface area contributed by atoms with Crippen LogP contribution in [0.15, 0.2) is 18.5 Å². The molecule has 2 aliphatic rings. The van der Waals surface area contributed by atoms with Crippen LogP contribution in [0.5, 0.6) is 0 Å². The summed E-state index contributed by atoms with van der Waals surface area (Å²) in [4.78, 5) is 20.7. The number of fused-ring (bicyclic) bond motifs is 1. The van der Waals surface area contributed by atoms with Gasteiger partial charge in [0.05, 0.1) is 12.4 Å². The van der Waals surface area contributed by atoms with E-state index in [1.807, 2.05) is 13.0 Å². The SMILES string of the molecule is Cc1cc(Nc2cncc(NC3CCC4CCCC(=O)NC4C3)n2)n[nH]1. The first-order valence-corrected chi connectivity index (χ1v) is 9.33. The highest BCUT2D eigenvalue weighted by Gasteiger charge is 2.33. The van der Waals surface area contributed by atoms with Crippen LogP contribution in [0.25, 0.3) is 0 Å². The van der Waals surface area contributed by atoms with Crippen molar-refractivity contribution in [1.82, 2.24) is 25.5 Å². The van der Waals surface area contributed by atoms with Gasteiger partial charge in [0, 0.05) is 30.3 Å². The summed E-state index contributed by atoms with van der Waals surface area (Å²) in [5, 5.41) is 16.9. The first kappa shape index (κ1) is 16.8. The number of aromatic amines is 1. The molecular formula is C18H25N7O. The quantitative estimate of drug-likeness (QED) is 0.671. The molecule has 3 heterocycles. The number of hydrogen-bond donors (Lipinski definition) is 4. The van der Waals surface area contributed by atoms with Crippen LogP contribution in [-0.2, 0) is 4.79 Å². The van der Waals surface area contributed by atoms with E-state index >= 15 is 0 Å². The summed E-state index contributed by atoms with van der Waals surface area (Å²) < 4.78 is 0. The molecule has 2 fully saturated rings. The van der Waals surface area contributed by atoms with Gasteiger partial charge in [-0.1, -0.05) is 0 Å². The zero-order valence-corrected chi connectivity index (χ0v) is 15.0. The molecule has 2 aromatic rings. The Morgan fingerprint density at radius 3 is 2.88 bits per heavy atom. The molecule has 8 nitrogen and oxygen atoms in total. The van der Waals surface area contributed by atoms with Crippen molar-refractivity contribution in [3.05, 3.63) is 24.2 Å². The average molecular weight is 355 g/mol. The summed E-state index contributed by atoms with van der Waals surface area (Å²) in [5.41, 5.74) is 0.983. The van der Waals surface area contributed by atoms with Gasteiger partial charge in [-0.15, -0.1) is 0 Å². The molecule has 4 N–H and O–H groups in total. The largest absolute Gasteiger partial charge is 0.366 e. The fourth-order valence-corrected chi connectivity index (χ4v) is 4.01. The second kappa shape index (κ2) is 7.31. The molecule has 0 radical (unpaired) electrons. The summed E-state index contributed by atoms with van der Waals surface area (Å²) >= 11 is 0. The van der Waals surface area contributed by atoms with E-state index in [-0.39, 0.29) is 11.9 Å². The second-order valence-electron chi connectivity index (χ2n) is 7.33. The van der Waals surface area contributed by atoms with Gasteiger partial charge in [0.2, 0.25) is 5.91 Å². The average Bonchev–Trinajstić information content (AvgIpc) is 2.92. The summed E-state index contributed by atoms with van der Waals surface area (Å²) in [6, 6.07) is 2.49. The molecule has 4 rings (SSSR count). The zero-order chi connectivity index (χ0) is 17.9. The lowest BCUT2D eigenvalue weighted by Crippen LogP contribution is -2.45. The molecule has 2 aromatic heterocycles. The normalized spacial score (nSPS) is 25.7. The van der Waals surface area contributed by atoms with E-state index in [0.29, 0.717) is 24.2 Å². The third-order valence-corrected chi connectivity index (χ3v) is 5.27. The van der Waals surface area contributed by atoms with E-state index in [1.165, 1.54) is 0 Å². The number of aryl methyl sites for hydroxylation is 1. The molecule has 1 aliphatic heterocycles. The Morgan fingerprint density at radius 2 is 2.04 bits per heavy atom. The predicted molar refractivity (Wildman–Crippen MR) is 99.2 cm³/mol. The Bertz CT molecular complexity index is 774. The molecule has 26 heavy (non-hydrogen) atoms. The van der Waals surface area contributed by atoms with Gasteiger partial charge in [0.25, 0.3) is 0 Å². The smallest absolute Gasteiger partial charge is 0.220 e. The molecule has 8 heteroatoms. The minimum absolute atomic E-state index is 0.193. The number of aromatic nitrogens is 4. The van der Waals surface area contributed by atoms with Gasteiger partial charge in [-0.05, 0) is 44.9 Å². The first-order valence-electron chi connectivity index (χ1n) is 9.33. The molecule has 1 saturated carbocycles. The Morgan fingerprint density at radius 1 is 1.15 bits per heavy atom. The maximum absolute atomic E-state index is 11.9. The molecule has 1 amide bonds. The molecular weight excluding hydrogens is 330 g/mol. The van der Waals surface area contributed by atoms with Crippen molar-refractivity contribution in [3.63, 3.8) is 0 Å². The topological polar surface area (TPSA) is 108 Å². The van der Waals surface area contributed by atoms with Crippen molar-refractivity contribution in [1.29, 1.82) is 0 Å². The van der Waals surface area contributed by atoms with E-state index in [2.05, 4.69) is 36.1 Å². The summed E-state index contributed by atoms with van der Waals surface area (Å²) in [5.74, 6) is 2.92. The van der Waals surface area contributed by atoms with Crippen molar-refractivity contribution < 1.29 is 4.79 Å². The Hall–Kier alpha value is -2.64. The molecule has 0 spiro atoms. The predicted octanol–water partition coefficient (Wildman–Crippen LogP) is 2.50. The number of carbonyl (C=O) groups excluding carboxylic acids is 1. The maximum atomic E-state index is 11.9. The van der Waals surface area contributed by atoms with E-state index in [0.717, 1.165) is 49.4 Å². The molecule has 3 atom stereocenters. The highest BCUT2D eigenvalue weighted by molar-refractivity contribution is 5.76. The highest BCUT2D eigenvalue weighted by atomic mass is 16.1. The molecule has 1 saturated heterocycles. The number of amides is 1. The molecule has 3 unspecified atom stereocenters. The van der Waals surface area contributed by atoms with Crippen LogP contribution in [0, 0.1) is 12.8 Å². The minimum Gasteiger partial charge on any atom is -0.366 e. The third-order valence-electron chi connectivity index (χ3n) is 5.27. The molecule has 0 aromatic carbocycles. The maximum Gasteiger partial charge on any atom is 0.220 e. The van der Waals surface area contributed by atoms with E-state index in [1.54, 1.807) is 12.4 Å². The Balaban J connectivity index is 1.39. The standard InChI is InChI=1S/C18H25N7O/c1-11-7-15(25-24-11)22-17-10-19-9-16(23-17)20-13-6-5-12-3-2-4-18(26)21-14(12)8-13/h7,9-10,12-14H,2-6,8H2,1H3,(H,21,26)(H3,20,22,23,24,25). The summed E-state index contributed by atoms with van der Waals surface area (Å²) in [6.07, 6.45) is 9.41. The molecule has 1 aliphatic carbocycles. The van der Waals surface area contributed by atoms with E-state index in [4.69, 9.17) is 0 Å². The minimum atomic E-state index is 0.193. The molecule has 138 valence electrons. The third kappa shape index (κ3) is 3.95. The molecule has 0 bridgehead atoms. The summed E-state index contributed by atoms with van der Waals surface area (Å²) in [7, 11) is 0. The number of nitrogens with zero attached hydrogens (tertiary/aromatic N) is 3. The van der Waals surface area contributed by atoms with Gasteiger partial charge in [0.1, 0.15) is 5.82 Å². The Labute approximate surface area is 152 Å². The first-order chi connectivity index (χ1) is 12.7. The van der Waals surface area contributed by atoms with Crippen molar-refractivity contribution in [3.8, 4) is 0 Å². The fourth-order valence-electron chi connectivity index (χ4n) is 4.01. The van der Waals surface area contributed by atoms with Crippen molar-refractivity contribution in [2.75, 3.05) is 10.6 Å². The van der Waals surface area contributed by atoms with Gasteiger partial charge in [-0.2, -0.15) is 5.10 Å².